The highest BCUT2D eigenvalue weighted by molar-refractivity contribution is 7.99. The maximum Gasteiger partial charge on any atom is 0.122 e. The first-order valence-electron chi connectivity index (χ1n) is 11.0. The topological polar surface area (TPSA) is 45.9 Å². The van der Waals surface area contributed by atoms with Crippen molar-refractivity contribution in [2.75, 3.05) is 12.4 Å². The molecule has 0 N–H and O–H groups in total. The highest BCUT2D eigenvalue weighted by Gasteiger charge is 2.15. The van der Waals surface area contributed by atoms with Gasteiger partial charge in [-0.05, 0) is 49.1 Å². The third-order valence-corrected chi connectivity index (χ3v) is 6.65. The average molecular weight is 451 g/mol. The highest BCUT2D eigenvalue weighted by atomic mass is 32.2. The van der Waals surface area contributed by atoms with E-state index in [2.05, 4.69) is 38.1 Å². The van der Waals surface area contributed by atoms with Crippen molar-refractivity contribution in [1.82, 2.24) is 4.98 Å². The number of pyridine rings is 1. The van der Waals surface area contributed by atoms with Gasteiger partial charge in [-0.1, -0.05) is 72.8 Å². The van der Waals surface area contributed by atoms with Crippen molar-refractivity contribution < 1.29 is 4.74 Å². The minimum absolute atomic E-state index is 0.626. The Morgan fingerprint density at radius 3 is 2.27 bits per heavy atom. The van der Waals surface area contributed by atoms with Gasteiger partial charge in [0, 0.05) is 16.9 Å². The molecule has 0 saturated heterocycles. The summed E-state index contributed by atoms with van der Waals surface area (Å²) in [5.74, 6) is 1.76. The van der Waals surface area contributed by atoms with E-state index in [1.807, 2.05) is 66.7 Å². The Labute approximate surface area is 200 Å². The lowest BCUT2D eigenvalue weighted by molar-refractivity contribution is 0.316. The Hall–Kier alpha value is -3.55. The summed E-state index contributed by atoms with van der Waals surface area (Å²) in [7, 11) is 0. The second kappa shape index (κ2) is 10.8. The van der Waals surface area contributed by atoms with Gasteiger partial charge in [0.25, 0.3) is 0 Å². The summed E-state index contributed by atoms with van der Waals surface area (Å²) in [5, 5.41) is 10.8. The van der Waals surface area contributed by atoms with E-state index >= 15 is 0 Å². The van der Waals surface area contributed by atoms with Gasteiger partial charge in [-0.25, -0.2) is 4.98 Å². The molecule has 0 radical (unpaired) electrons. The number of nitrogens with zero attached hydrogens (tertiary/aromatic N) is 2. The Bertz CT molecular complexity index is 1260. The lowest BCUT2D eigenvalue weighted by atomic mass is 9.99. The average Bonchev–Trinajstić information content (AvgIpc) is 2.86. The molecular formula is C29H26N2OS. The number of aromatic nitrogens is 1. The number of hydrogen-bond acceptors (Lipinski definition) is 4. The molecule has 0 bridgehead atoms. The first-order chi connectivity index (χ1) is 16.2. The summed E-state index contributed by atoms with van der Waals surface area (Å²) in [5.41, 5.74) is 6.90. The zero-order valence-corrected chi connectivity index (χ0v) is 19.7. The van der Waals surface area contributed by atoms with Crippen LogP contribution in [0.1, 0.15) is 23.1 Å². The molecule has 0 fully saturated rings. The highest BCUT2D eigenvalue weighted by Crippen LogP contribution is 2.34. The number of benzene rings is 3. The second-order valence-corrected chi connectivity index (χ2v) is 8.91. The number of rotatable bonds is 8. The van der Waals surface area contributed by atoms with Gasteiger partial charge in [0.2, 0.25) is 0 Å². The van der Waals surface area contributed by atoms with E-state index in [1.54, 1.807) is 11.8 Å². The van der Waals surface area contributed by atoms with E-state index in [1.165, 1.54) is 11.1 Å². The van der Waals surface area contributed by atoms with Crippen LogP contribution in [0.15, 0.2) is 90.0 Å². The van der Waals surface area contributed by atoms with Gasteiger partial charge in [0.15, 0.2) is 0 Å². The van der Waals surface area contributed by atoms with Crippen LogP contribution >= 0.6 is 11.8 Å². The molecule has 1 heterocycles. The molecule has 1 aromatic heterocycles. The van der Waals surface area contributed by atoms with Gasteiger partial charge in [0.1, 0.15) is 16.8 Å². The van der Waals surface area contributed by atoms with E-state index in [9.17, 15) is 5.26 Å². The van der Waals surface area contributed by atoms with Crippen molar-refractivity contribution in [2.45, 2.75) is 25.3 Å². The molecule has 0 aliphatic rings. The van der Waals surface area contributed by atoms with Crippen molar-refractivity contribution in [2.24, 2.45) is 0 Å². The molecule has 0 atom stereocenters. The summed E-state index contributed by atoms with van der Waals surface area (Å²) < 4.78 is 6.00. The lowest BCUT2D eigenvalue weighted by Gasteiger charge is -2.13. The Morgan fingerprint density at radius 2 is 1.58 bits per heavy atom. The van der Waals surface area contributed by atoms with E-state index < -0.39 is 0 Å². The number of aryl methyl sites for hydroxylation is 1. The van der Waals surface area contributed by atoms with Gasteiger partial charge < -0.3 is 4.74 Å². The van der Waals surface area contributed by atoms with Crippen LogP contribution in [0, 0.1) is 25.2 Å². The Balaban J connectivity index is 1.55. The molecule has 0 aliphatic carbocycles. The predicted molar refractivity (Wildman–Crippen MR) is 137 cm³/mol. The molecule has 0 aliphatic heterocycles. The van der Waals surface area contributed by atoms with Crippen molar-refractivity contribution in [1.29, 1.82) is 5.26 Å². The molecule has 164 valence electrons. The lowest BCUT2D eigenvalue weighted by Crippen LogP contribution is -2.02. The van der Waals surface area contributed by atoms with Crippen LogP contribution < -0.4 is 4.74 Å². The van der Waals surface area contributed by atoms with Crippen LogP contribution in [-0.2, 0) is 0 Å². The summed E-state index contributed by atoms with van der Waals surface area (Å²) in [6, 6.07) is 30.7. The minimum atomic E-state index is 0.626. The number of hydrogen-bond donors (Lipinski definition) is 0. The number of thioether (sulfide) groups is 1. The summed E-state index contributed by atoms with van der Waals surface area (Å²) in [4.78, 5) is 4.88. The van der Waals surface area contributed by atoms with E-state index in [-0.39, 0.29) is 0 Å². The zero-order chi connectivity index (χ0) is 23.0. The first-order valence-corrected chi connectivity index (χ1v) is 12.0. The zero-order valence-electron chi connectivity index (χ0n) is 18.9. The predicted octanol–water partition coefficient (Wildman–Crippen LogP) is 7.47. The summed E-state index contributed by atoms with van der Waals surface area (Å²) >= 11 is 1.62. The van der Waals surface area contributed by atoms with E-state index in [0.29, 0.717) is 12.2 Å². The van der Waals surface area contributed by atoms with Crippen LogP contribution in [0.25, 0.3) is 22.4 Å². The van der Waals surface area contributed by atoms with Crippen LogP contribution in [0.4, 0.5) is 0 Å². The smallest absolute Gasteiger partial charge is 0.122 e. The van der Waals surface area contributed by atoms with Gasteiger partial charge in [-0.3, -0.25) is 0 Å². The normalized spacial score (nSPS) is 10.6. The fraction of sp³-hybridized carbons (Fsp3) is 0.172. The van der Waals surface area contributed by atoms with Crippen molar-refractivity contribution in [3.63, 3.8) is 0 Å². The molecule has 0 spiro atoms. The van der Waals surface area contributed by atoms with Crippen molar-refractivity contribution in [3.8, 4) is 34.2 Å². The summed E-state index contributed by atoms with van der Waals surface area (Å²) in [6.07, 6.45) is 0.862. The molecule has 3 aromatic carbocycles. The maximum absolute atomic E-state index is 10.0. The second-order valence-electron chi connectivity index (χ2n) is 7.83. The Morgan fingerprint density at radius 1 is 0.879 bits per heavy atom. The molecule has 0 saturated carbocycles. The van der Waals surface area contributed by atoms with Gasteiger partial charge in [0.05, 0.1) is 17.9 Å². The molecule has 3 nitrogen and oxygen atoms in total. The quantitative estimate of drug-likeness (QED) is 0.206. The SMILES string of the molecule is Cc1cccc(OCCCSc2nc(-c3ccccc3)cc(-c3ccccc3)c2C#N)c1C. The molecule has 0 unspecified atom stereocenters. The van der Waals surface area contributed by atoms with Crippen LogP contribution in [0.2, 0.25) is 0 Å². The standard InChI is InChI=1S/C29H26N2OS/c1-21-11-9-16-28(22(21)2)32-17-10-18-33-29-26(20-30)25(23-12-5-3-6-13-23)19-27(31-29)24-14-7-4-8-15-24/h3-9,11-16,19H,10,17-18H2,1-2H3. The summed E-state index contributed by atoms with van der Waals surface area (Å²) in [6.45, 7) is 4.81. The third-order valence-electron chi connectivity index (χ3n) is 5.59. The molecule has 33 heavy (non-hydrogen) atoms. The Kier molecular flexibility index (Phi) is 7.44. The van der Waals surface area contributed by atoms with Gasteiger partial charge >= 0.3 is 0 Å². The van der Waals surface area contributed by atoms with Gasteiger partial charge in [-0.2, -0.15) is 5.26 Å². The maximum atomic E-state index is 10.0. The number of nitriles is 1. The van der Waals surface area contributed by atoms with E-state index in [0.717, 1.165) is 45.3 Å². The molecule has 4 rings (SSSR count). The third kappa shape index (κ3) is 5.45. The van der Waals surface area contributed by atoms with Crippen molar-refractivity contribution >= 4 is 11.8 Å². The molecular weight excluding hydrogens is 424 g/mol. The van der Waals surface area contributed by atoms with Gasteiger partial charge in [-0.15, -0.1) is 11.8 Å². The molecule has 4 heteroatoms. The fourth-order valence-corrected chi connectivity index (χ4v) is 4.55. The minimum Gasteiger partial charge on any atom is -0.493 e. The monoisotopic (exact) mass is 450 g/mol. The van der Waals surface area contributed by atoms with Crippen LogP contribution in [-0.4, -0.2) is 17.3 Å². The number of ether oxygens (including phenoxy) is 1. The first kappa shape index (κ1) is 22.6. The largest absolute Gasteiger partial charge is 0.493 e. The fourth-order valence-electron chi connectivity index (χ4n) is 3.63. The van der Waals surface area contributed by atoms with Crippen LogP contribution in [0.5, 0.6) is 5.75 Å². The molecule has 0 amide bonds. The van der Waals surface area contributed by atoms with E-state index in [4.69, 9.17) is 9.72 Å². The van der Waals surface area contributed by atoms with Crippen molar-refractivity contribution in [3.05, 3.63) is 102 Å². The van der Waals surface area contributed by atoms with Crippen LogP contribution in [0.3, 0.4) is 0 Å². The molecule has 4 aromatic rings.